The molecule has 0 aliphatic rings. The smallest absolute Gasteiger partial charge is 0.281 e. The van der Waals surface area contributed by atoms with E-state index in [2.05, 4.69) is 10.3 Å². The zero-order valence-corrected chi connectivity index (χ0v) is 12.0. The molecule has 7 nitrogen and oxygen atoms in total. The van der Waals surface area contributed by atoms with Crippen molar-refractivity contribution >= 4 is 16.1 Å². The van der Waals surface area contributed by atoms with Crippen molar-refractivity contribution in [2.45, 2.75) is 6.54 Å². The van der Waals surface area contributed by atoms with Crippen LogP contribution >= 0.6 is 0 Å². The second-order valence-electron chi connectivity index (χ2n) is 4.18. The van der Waals surface area contributed by atoms with Crippen LogP contribution in [0.2, 0.25) is 0 Å². The second kappa shape index (κ2) is 6.60. The Morgan fingerprint density at radius 3 is 2.58 bits per heavy atom. The van der Waals surface area contributed by atoms with Crippen LogP contribution in [0.15, 0.2) is 24.5 Å². The van der Waals surface area contributed by atoms with Crippen molar-refractivity contribution in [3.63, 3.8) is 0 Å². The lowest BCUT2D eigenvalue weighted by atomic mass is 10.3. The average Bonchev–Trinajstić information content (AvgIpc) is 2.37. The van der Waals surface area contributed by atoms with Crippen molar-refractivity contribution in [3.8, 4) is 0 Å². The van der Waals surface area contributed by atoms with Gasteiger partial charge >= 0.3 is 0 Å². The van der Waals surface area contributed by atoms with E-state index in [4.69, 9.17) is 0 Å². The molecule has 0 saturated heterocycles. The number of nitrogens with zero attached hydrogens (tertiary/aromatic N) is 3. The Balaban J connectivity index is 2.48. The summed E-state index contributed by atoms with van der Waals surface area (Å²) < 4.78 is 25.5. The first-order valence-corrected chi connectivity index (χ1v) is 7.03. The highest BCUT2D eigenvalue weighted by Gasteiger charge is 2.22. The quantitative estimate of drug-likeness (QED) is 0.759. The van der Waals surface area contributed by atoms with Gasteiger partial charge in [-0.3, -0.25) is 9.78 Å². The molecule has 19 heavy (non-hydrogen) atoms. The highest BCUT2D eigenvalue weighted by Crippen LogP contribution is 2.00. The van der Waals surface area contributed by atoms with Crippen LogP contribution in [0.3, 0.4) is 0 Å². The van der Waals surface area contributed by atoms with Gasteiger partial charge in [0, 0.05) is 40.1 Å². The molecule has 1 N–H and O–H groups in total. The monoisotopic (exact) mass is 286 g/mol. The van der Waals surface area contributed by atoms with Gasteiger partial charge in [-0.25, -0.2) is 0 Å². The Morgan fingerprint density at radius 2 is 2.05 bits per heavy atom. The van der Waals surface area contributed by atoms with E-state index in [9.17, 15) is 13.2 Å². The van der Waals surface area contributed by atoms with Crippen LogP contribution in [-0.2, 0) is 21.5 Å². The summed E-state index contributed by atoms with van der Waals surface area (Å²) in [6.07, 6.45) is 3.28. The molecular weight excluding hydrogens is 268 g/mol. The zero-order valence-electron chi connectivity index (χ0n) is 11.2. The van der Waals surface area contributed by atoms with Crippen LogP contribution in [0, 0.1) is 0 Å². The molecule has 1 heterocycles. The maximum Gasteiger partial charge on any atom is 0.281 e. The van der Waals surface area contributed by atoms with Crippen LogP contribution in [0.5, 0.6) is 0 Å². The number of pyridine rings is 1. The molecule has 0 atom stereocenters. The number of amides is 1. The van der Waals surface area contributed by atoms with Gasteiger partial charge in [-0.15, -0.1) is 0 Å². The van der Waals surface area contributed by atoms with Gasteiger partial charge in [0.15, 0.2) is 0 Å². The third-order valence-corrected chi connectivity index (χ3v) is 4.27. The molecule has 106 valence electrons. The molecule has 1 aromatic rings. The predicted octanol–water partition coefficient (Wildman–Crippen LogP) is -0.564. The Kier molecular flexibility index (Phi) is 5.40. The molecular formula is C11H18N4O3S. The van der Waals surface area contributed by atoms with Crippen LogP contribution in [-0.4, -0.2) is 55.6 Å². The van der Waals surface area contributed by atoms with E-state index in [1.807, 2.05) is 6.07 Å². The Bertz CT molecular complexity index is 516. The van der Waals surface area contributed by atoms with Gasteiger partial charge in [0.1, 0.15) is 0 Å². The third-order valence-electron chi connectivity index (χ3n) is 2.43. The van der Waals surface area contributed by atoms with Crippen LogP contribution in [0.1, 0.15) is 5.56 Å². The molecule has 0 fully saturated rings. The summed E-state index contributed by atoms with van der Waals surface area (Å²) in [6, 6.07) is 3.59. The number of likely N-dealkylation sites (N-methyl/N-ethyl adjacent to an activating group) is 1. The number of hydrogen-bond acceptors (Lipinski definition) is 4. The maximum absolute atomic E-state index is 11.7. The van der Waals surface area contributed by atoms with E-state index >= 15 is 0 Å². The van der Waals surface area contributed by atoms with Crippen molar-refractivity contribution in [1.29, 1.82) is 0 Å². The van der Waals surface area contributed by atoms with E-state index < -0.39 is 10.2 Å². The SMILES string of the molecule is CN(C)S(=O)(=O)N(C)CC(=O)NCc1cccnc1. The summed E-state index contributed by atoms with van der Waals surface area (Å²) in [7, 11) is 0.631. The summed E-state index contributed by atoms with van der Waals surface area (Å²) >= 11 is 0. The van der Waals surface area contributed by atoms with Crippen molar-refractivity contribution < 1.29 is 13.2 Å². The normalized spacial score (nSPS) is 11.8. The number of nitrogens with one attached hydrogen (secondary N) is 1. The highest BCUT2D eigenvalue weighted by atomic mass is 32.2. The molecule has 0 aliphatic heterocycles. The van der Waals surface area contributed by atoms with Gasteiger partial charge in [0.25, 0.3) is 10.2 Å². The summed E-state index contributed by atoms with van der Waals surface area (Å²) in [5, 5.41) is 2.64. The second-order valence-corrected chi connectivity index (χ2v) is 6.43. The number of carbonyl (C=O) groups is 1. The minimum absolute atomic E-state index is 0.221. The molecule has 0 radical (unpaired) electrons. The van der Waals surface area contributed by atoms with Gasteiger partial charge in [0.2, 0.25) is 5.91 Å². The molecule has 1 aromatic heterocycles. The number of carbonyl (C=O) groups excluding carboxylic acids is 1. The van der Waals surface area contributed by atoms with E-state index in [-0.39, 0.29) is 12.5 Å². The maximum atomic E-state index is 11.7. The zero-order chi connectivity index (χ0) is 14.5. The molecule has 8 heteroatoms. The standard InChI is InChI=1S/C11H18N4O3S/c1-14(2)19(17,18)15(3)9-11(16)13-8-10-5-4-6-12-7-10/h4-7H,8-9H2,1-3H3,(H,13,16). The van der Waals surface area contributed by atoms with Gasteiger partial charge in [-0.2, -0.15) is 17.0 Å². The van der Waals surface area contributed by atoms with Gasteiger partial charge in [-0.05, 0) is 11.6 Å². The Morgan fingerprint density at radius 1 is 1.37 bits per heavy atom. The summed E-state index contributed by atoms with van der Waals surface area (Å²) in [4.78, 5) is 15.6. The minimum atomic E-state index is -3.56. The largest absolute Gasteiger partial charge is 0.351 e. The molecule has 1 rings (SSSR count). The molecule has 0 unspecified atom stereocenters. The van der Waals surface area contributed by atoms with Crippen LogP contribution in [0.4, 0.5) is 0 Å². The molecule has 0 spiro atoms. The first kappa shape index (κ1) is 15.5. The van der Waals surface area contributed by atoms with Gasteiger partial charge in [-0.1, -0.05) is 6.07 Å². The fraction of sp³-hybridized carbons (Fsp3) is 0.455. The van der Waals surface area contributed by atoms with Crippen molar-refractivity contribution in [1.82, 2.24) is 18.9 Å². The molecule has 0 saturated carbocycles. The fourth-order valence-electron chi connectivity index (χ4n) is 1.32. The van der Waals surface area contributed by atoms with Crippen LogP contribution < -0.4 is 5.32 Å². The van der Waals surface area contributed by atoms with Crippen LogP contribution in [0.25, 0.3) is 0 Å². The third kappa shape index (κ3) is 4.58. The topological polar surface area (TPSA) is 82.6 Å². The number of aromatic nitrogens is 1. The first-order chi connectivity index (χ1) is 8.84. The molecule has 1 amide bonds. The lowest BCUT2D eigenvalue weighted by Crippen LogP contribution is -2.43. The number of rotatable bonds is 6. The lowest BCUT2D eigenvalue weighted by Gasteiger charge is -2.20. The van der Waals surface area contributed by atoms with E-state index in [0.29, 0.717) is 6.54 Å². The molecule has 0 aliphatic carbocycles. The van der Waals surface area contributed by atoms with Gasteiger partial charge < -0.3 is 5.32 Å². The van der Waals surface area contributed by atoms with Crippen molar-refractivity contribution in [2.24, 2.45) is 0 Å². The minimum Gasteiger partial charge on any atom is -0.351 e. The Hall–Kier alpha value is -1.51. The first-order valence-electron chi connectivity index (χ1n) is 5.63. The fourth-order valence-corrected chi connectivity index (χ4v) is 2.16. The summed E-state index contributed by atoms with van der Waals surface area (Å²) in [5.74, 6) is -0.364. The van der Waals surface area contributed by atoms with Gasteiger partial charge in [0.05, 0.1) is 6.54 Å². The molecule has 0 aromatic carbocycles. The predicted molar refractivity (Wildman–Crippen MR) is 71.3 cm³/mol. The molecule has 0 bridgehead atoms. The highest BCUT2D eigenvalue weighted by molar-refractivity contribution is 7.86. The van der Waals surface area contributed by atoms with E-state index in [1.54, 1.807) is 18.5 Å². The average molecular weight is 286 g/mol. The summed E-state index contributed by atoms with van der Waals surface area (Å²) in [5.41, 5.74) is 0.856. The van der Waals surface area contributed by atoms with Crippen molar-refractivity contribution in [2.75, 3.05) is 27.7 Å². The lowest BCUT2D eigenvalue weighted by molar-refractivity contribution is -0.121. The van der Waals surface area contributed by atoms with E-state index in [0.717, 1.165) is 14.2 Å². The number of hydrogen-bond donors (Lipinski definition) is 1. The van der Waals surface area contributed by atoms with Crippen molar-refractivity contribution in [3.05, 3.63) is 30.1 Å². The summed E-state index contributed by atoms with van der Waals surface area (Å²) in [6.45, 7) is 0.100. The van der Waals surface area contributed by atoms with E-state index in [1.165, 1.54) is 21.1 Å². The Labute approximate surface area is 113 Å².